The van der Waals surface area contributed by atoms with Crippen LogP contribution in [-0.4, -0.2) is 10.5 Å². The van der Waals surface area contributed by atoms with Crippen molar-refractivity contribution in [2.24, 2.45) is 0 Å². The second-order valence-electron chi connectivity index (χ2n) is 1.95. The van der Waals surface area contributed by atoms with Crippen LogP contribution in [0.1, 0.15) is 5.56 Å². The maximum absolute atomic E-state index is 4.63. The van der Waals surface area contributed by atoms with Crippen LogP contribution >= 0.6 is 12.2 Å². The minimum Gasteiger partial charge on any atom is -0.351 e. The van der Waals surface area contributed by atoms with Gasteiger partial charge in [-0.25, -0.2) is 0 Å². The lowest BCUT2D eigenvalue weighted by molar-refractivity contribution is 1.29. The predicted octanol–water partition coefficient (Wildman–Crippen LogP) is 1.76. The van der Waals surface area contributed by atoms with Crippen molar-refractivity contribution in [3.8, 4) is 0 Å². The molecule has 10 heavy (non-hydrogen) atoms. The first kappa shape index (κ1) is 7.15. The van der Waals surface area contributed by atoms with Crippen LogP contribution in [0.15, 0.2) is 18.5 Å². The molecule has 0 amide bonds. The van der Waals surface area contributed by atoms with E-state index in [0.29, 0.717) is 0 Å². The Hall–Kier alpha value is -0.960. The number of rotatable bonds is 2. The molecular weight excluding hydrogens is 144 g/mol. The van der Waals surface area contributed by atoms with E-state index in [-0.39, 0.29) is 0 Å². The Kier molecular flexibility index (Phi) is 2.34. The Morgan fingerprint density at radius 1 is 1.70 bits per heavy atom. The Labute approximate surface area is 65.3 Å². The van der Waals surface area contributed by atoms with Gasteiger partial charge in [-0.15, -0.1) is 0 Å². The molecule has 0 aliphatic carbocycles. The first-order valence-corrected chi connectivity index (χ1v) is 3.42. The maximum Gasteiger partial charge on any atom is 0.0659 e. The van der Waals surface area contributed by atoms with Crippen LogP contribution < -0.4 is 5.32 Å². The predicted molar refractivity (Wildman–Crippen MR) is 46.3 cm³/mol. The lowest BCUT2D eigenvalue weighted by atomic mass is 10.2. The van der Waals surface area contributed by atoms with Crippen LogP contribution in [0, 0.1) is 6.92 Å². The zero-order valence-electron chi connectivity index (χ0n) is 5.66. The van der Waals surface area contributed by atoms with Gasteiger partial charge in [-0.1, -0.05) is 12.2 Å². The molecule has 0 bridgehead atoms. The number of pyridine rings is 1. The van der Waals surface area contributed by atoms with Crippen LogP contribution in [0.2, 0.25) is 0 Å². The van der Waals surface area contributed by atoms with E-state index in [1.165, 1.54) is 5.49 Å². The fraction of sp³-hybridized carbons (Fsp3) is 0.143. The molecule has 0 saturated carbocycles. The molecule has 0 radical (unpaired) electrons. The molecule has 3 heteroatoms. The molecule has 0 fully saturated rings. The third kappa shape index (κ3) is 1.51. The molecule has 2 nitrogen and oxygen atoms in total. The van der Waals surface area contributed by atoms with Gasteiger partial charge in [-0.3, -0.25) is 4.98 Å². The standard InChI is InChI=1S/C7H8N2S/c1-6-2-3-8-4-7(6)9-5-10/h2-5H,1H3,(H,9,10). The van der Waals surface area contributed by atoms with Gasteiger partial charge in [-0.2, -0.15) is 0 Å². The molecule has 0 unspecified atom stereocenters. The topological polar surface area (TPSA) is 24.9 Å². The largest absolute Gasteiger partial charge is 0.351 e. The van der Waals surface area contributed by atoms with Gasteiger partial charge in [0.15, 0.2) is 0 Å². The number of nitrogens with one attached hydrogen (secondary N) is 1. The van der Waals surface area contributed by atoms with Crippen LogP contribution in [0.5, 0.6) is 0 Å². The number of nitrogens with zero attached hydrogens (tertiary/aromatic N) is 1. The molecule has 52 valence electrons. The molecule has 1 heterocycles. The van der Waals surface area contributed by atoms with Gasteiger partial charge >= 0.3 is 0 Å². The lowest BCUT2D eigenvalue weighted by Gasteiger charge is -2.00. The van der Waals surface area contributed by atoms with Crippen molar-refractivity contribution in [2.75, 3.05) is 5.32 Å². The maximum atomic E-state index is 4.63. The highest BCUT2D eigenvalue weighted by Crippen LogP contribution is 2.09. The summed E-state index contributed by atoms with van der Waals surface area (Å²) in [6.07, 6.45) is 3.50. The summed E-state index contributed by atoms with van der Waals surface area (Å²) < 4.78 is 0. The summed E-state index contributed by atoms with van der Waals surface area (Å²) in [6.45, 7) is 2.00. The lowest BCUT2D eigenvalue weighted by Crippen LogP contribution is -1.94. The van der Waals surface area contributed by atoms with Gasteiger partial charge < -0.3 is 5.32 Å². The van der Waals surface area contributed by atoms with Crippen LogP contribution in [0.3, 0.4) is 0 Å². The van der Waals surface area contributed by atoms with E-state index in [9.17, 15) is 0 Å². The second-order valence-corrected chi connectivity index (χ2v) is 2.19. The first-order valence-electron chi connectivity index (χ1n) is 2.95. The summed E-state index contributed by atoms with van der Waals surface area (Å²) in [6, 6.07) is 1.93. The van der Waals surface area contributed by atoms with Crippen molar-refractivity contribution < 1.29 is 0 Å². The SMILES string of the molecule is Cc1ccncc1NC=S. The molecule has 0 aromatic carbocycles. The van der Waals surface area contributed by atoms with E-state index >= 15 is 0 Å². The van der Waals surface area contributed by atoms with Crippen LogP contribution in [0.4, 0.5) is 5.69 Å². The van der Waals surface area contributed by atoms with E-state index in [4.69, 9.17) is 0 Å². The van der Waals surface area contributed by atoms with E-state index in [1.54, 1.807) is 12.4 Å². The highest BCUT2D eigenvalue weighted by molar-refractivity contribution is 7.79. The Balaban J connectivity index is 2.91. The third-order valence-electron chi connectivity index (χ3n) is 1.25. The van der Waals surface area contributed by atoms with E-state index < -0.39 is 0 Å². The zero-order chi connectivity index (χ0) is 7.40. The summed E-state index contributed by atoms with van der Waals surface area (Å²) >= 11 is 4.63. The molecule has 1 aromatic heterocycles. The van der Waals surface area contributed by atoms with Crippen molar-refractivity contribution in [2.45, 2.75) is 6.92 Å². The minimum atomic E-state index is 0.970. The summed E-state index contributed by atoms with van der Waals surface area (Å²) in [5.41, 5.74) is 3.60. The summed E-state index contributed by atoms with van der Waals surface area (Å²) in [7, 11) is 0. The number of anilines is 1. The van der Waals surface area contributed by atoms with Crippen molar-refractivity contribution in [3.05, 3.63) is 24.0 Å². The fourth-order valence-electron chi connectivity index (χ4n) is 0.679. The quantitative estimate of drug-likeness (QED) is 0.654. The fourth-order valence-corrected chi connectivity index (χ4v) is 0.806. The van der Waals surface area contributed by atoms with Crippen LogP contribution in [0.25, 0.3) is 0 Å². The Bertz CT molecular complexity index is 235. The van der Waals surface area contributed by atoms with Crippen molar-refractivity contribution in [1.29, 1.82) is 0 Å². The Morgan fingerprint density at radius 3 is 3.10 bits per heavy atom. The van der Waals surface area contributed by atoms with Gasteiger partial charge in [0.25, 0.3) is 0 Å². The van der Waals surface area contributed by atoms with Gasteiger partial charge in [0.05, 0.1) is 17.4 Å². The minimum absolute atomic E-state index is 0.970. The summed E-state index contributed by atoms with van der Waals surface area (Å²) in [5.74, 6) is 0. The molecular formula is C7H8N2S. The molecule has 0 saturated heterocycles. The number of aryl methyl sites for hydroxylation is 1. The third-order valence-corrected chi connectivity index (χ3v) is 1.37. The van der Waals surface area contributed by atoms with Crippen molar-refractivity contribution in [3.63, 3.8) is 0 Å². The number of hydrogen-bond acceptors (Lipinski definition) is 2. The summed E-state index contributed by atoms with van der Waals surface area (Å²) in [5, 5.41) is 2.90. The average Bonchev–Trinajstić information content (AvgIpc) is 1.94. The monoisotopic (exact) mass is 152 g/mol. The molecule has 1 aromatic rings. The van der Waals surface area contributed by atoms with Gasteiger partial charge in [-0.05, 0) is 18.6 Å². The highest BCUT2D eigenvalue weighted by atomic mass is 32.1. The number of hydrogen-bond donors (Lipinski definition) is 1. The zero-order valence-corrected chi connectivity index (χ0v) is 6.48. The molecule has 0 aliphatic rings. The van der Waals surface area contributed by atoms with E-state index in [2.05, 4.69) is 22.5 Å². The van der Waals surface area contributed by atoms with Crippen LogP contribution in [-0.2, 0) is 0 Å². The van der Waals surface area contributed by atoms with E-state index in [0.717, 1.165) is 11.3 Å². The van der Waals surface area contributed by atoms with E-state index in [1.807, 2.05) is 13.0 Å². The number of aromatic nitrogens is 1. The van der Waals surface area contributed by atoms with Gasteiger partial charge in [0.1, 0.15) is 0 Å². The van der Waals surface area contributed by atoms with Crippen molar-refractivity contribution in [1.82, 2.24) is 4.98 Å². The van der Waals surface area contributed by atoms with Gasteiger partial charge in [0, 0.05) is 6.20 Å². The summed E-state index contributed by atoms with van der Waals surface area (Å²) in [4.78, 5) is 3.94. The normalized spacial score (nSPS) is 8.90. The molecule has 0 aliphatic heterocycles. The molecule has 1 N–H and O–H groups in total. The first-order chi connectivity index (χ1) is 4.84. The molecule has 0 spiro atoms. The smallest absolute Gasteiger partial charge is 0.0659 e. The Morgan fingerprint density at radius 2 is 2.50 bits per heavy atom. The molecule has 0 atom stereocenters. The molecule has 1 rings (SSSR count). The second kappa shape index (κ2) is 3.27. The number of thiocarbonyl (C=S) groups is 1. The average molecular weight is 152 g/mol. The van der Waals surface area contributed by atoms with Gasteiger partial charge in [0.2, 0.25) is 0 Å². The van der Waals surface area contributed by atoms with Crippen molar-refractivity contribution >= 4 is 23.4 Å². The highest BCUT2D eigenvalue weighted by Gasteiger charge is 1.91.